The van der Waals surface area contributed by atoms with Crippen molar-refractivity contribution in [3.8, 4) is 0 Å². The monoisotopic (exact) mass is 265 g/mol. The fourth-order valence-electron chi connectivity index (χ4n) is 1.84. The van der Waals surface area contributed by atoms with Crippen molar-refractivity contribution < 1.29 is 4.39 Å². The molecule has 0 saturated heterocycles. The van der Waals surface area contributed by atoms with Crippen LogP contribution in [-0.2, 0) is 0 Å². The van der Waals surface area contributed by atoms with Crippen molar-refractivity contribution in [1.29, 1.82) is 0 Å². The van der Waals surface area contributed by atoms with Crippen LogP contribution < -0.4 is 5.32 Å². The molecule has 0 bridgehead atoms. The predicted molar refractivity (Wildman–Crippen MR) is 69.0 cm³/mol. The highest BCUT2D eigenvalue weighted by molar-refractivity contribution is 6.31. The van der Waals surface area contributed by atoms with Gasteiger partial charge in [-0.15, -0.1) is 0 Å². The smallest absolute Gasteiger partial charge is 0.129 e. The predicted octanol–water partition coefficient (Wildman–Crippen LogP) is 2.97. The summed E-state index contributed by atoms with van der Waals surface area (Å²) < 4.78 is 13.9. The van der Waals surface area contributed by atoms with Gasteiger partial charge in [0.2, 0.25) is 0 Å². The van der Waals surface area contributed by atoms with Crippen LogP contribution in [0.5, 0.6) is 0 Å². The second-order valence-corrected chi connectivity index (χ2v) is 4.21. The molecular weight excluding hydrogens is 253 g/mol. The van der Waals surface area contributed by atoms with E-state index in [0.29, 0.717) is 17.1 Å². The highest BCUT2D eigenvalue weighted by Gasteiger charge is 2.20. The van der Waals surface area contributed by atoms with Crippen LogP contribution in [0.2, 0.25) is 5.02 Å². The Bertz CT molecular complexity index is 499. The molecule has 2 aromatic rings. The molecule has 0 fully saturated rings. The van der Waals surface area contributed by atoms with E-state index in [4.69, 9.17) is 11.6 Å². The maximum absolute atomic E-state index is 13.9. The van der Waals surface area contributed by atoms with Crippen LogP contribution in [-0.4, -0.2) is 16.5 Å². The minimum absolute atomic E-state index is 0.336. The number of hydrogen-bond donors (Lipinski definition) is 1. The minimum atomic E-state index is -0.343. The summed E-state index contributed by atoms with van der Waals surface area (Å²) in [6.45, 7) is 2.63. The van der Waals surface area contributed by atoms with Crippen molar-refractivity contribution in [2.45, 2.75) is 13.0 Å². The lowest BCUT2D eigenvalue weighted by molar-refractivity contribution is 0.557. The highest BCUT2D eigenvalue weighted by Crippen LogP contribution is 2.29. The molecule has 0 aliphatic rings. The van der Waals surface area contributed by atoms with Gasteiger partial charge in [-0.05, 0) is 18.7 Å². The van der Waals surface area contributed by atoms with Crippen molar-refractivity contribution in [3.05, 3.63) is 58.9 Å². The van der Waals surface area contributed by atoms with Crippen molar-refractivity contribution in [2.75, 3.05) is 6.54 Å². The summed E-state index contributed by atoms with van der Waals surface area (Å²) in [5, 5.41) is 3.59. The van der Waals surface area contributed by atoms with Gasteiger partial charge in [-0.3, -0.25) is 0 Å². The van der Waals surface area contributed by atoms with Gasteiger partial charge < -0.3 is 5.32 Å². The van der Waals surface area contributed by atoms with Gasteiger partial charge >= 0.3 is 0 Å². The summed E-state index contributed by atoms with van der Waals surface area (Å²) >= 11 is 6.09. The van der Waals surface area contributed by atoms with Crippen LogP contribution >= 0.6 is 11.6 Å². The lowest BCUT2D eigenvalue weighted by Crippen LogP contribution is -2.23. The molecule has 0 amide bonds. The van der Waals surface area contributed by atoms with Crippen molar-refractivity contribution >= 4 is 11.6 Å². The van der Waals surface area contributed by atoms with E-state index in [-0.39, 0.29) is 11.9 Å². The van der Waals surface area contributed by atoms with E-state index in [1.807, 2.05) is 6.92 Å². The van der Waals surface area contributed by atoms with Gasteiger partial charge in [-0.25, -0.2) is 14.4 Å². The summed E-state index contributed by atoms with van der Waals surface area (Å²) in [4.78, 5) is 7.91. The third-order valence-corrected chi connectivity index (χ3v) is 2.94. The summed E-state index contributed by atoms with van der Waals surface area (Å²) in [6.07, 6.45) is 4.75. The second kappa shape index (κ2) is 5.89. The molecule has 1 heterocycles. The van der Waals surface area contributed by atoms with Crippen molar-refractivity contribution in [2.24, 2.45) is 0 Å². The number of nitrogens with one attached hydrogen (secondary N) is 1. The molecule has 3 nitrogen and oxygen atoms in total. The molecule has 1 N–H and O–H groups in total. The largest absolute Gasteiger partial charge is 0.306 e. The summed E-state index contributed by atoms with van der Waals surface area (Å²) in [7, 11) is 0. The number of benzene rings is 1. The molecule has 0 aliphatic carbocycles. The first-order valence-corrected chi connectivity index (χ1v) is 6.04. The maximum Gasteiger partial charge on any atom is 0.129 e. The Morgan fingerprint density at radius 3 is 2.67 bits per heavy atom. The molecule has 5 heteroatoms. The van der Waals surface area contributed by atoms with Crippen LogP contribution in [0.4, 0.5) is 4.39 Å². The van der Waals surface area contributed by atoms with Crippen molar-refractivity contribution in [1.82, 2.24) is 15.3 Å². The highest BCUT2D eigenvalue weighted by atomic mass is 35.5. The molecular formula is C13H13ClFN3. The standard InChI is InChI=1S/C13H13ClFN3/c1-2-18-13(9-6-16-8-17-7-9)12-10(14)4-3-5-11(12)15/h3-8,13,18H,2H2,1H3. The fourth-order valence-corrected chi connectivity index (χ4v) is 2.11. The van der Waals surface area contributed by atoms with Crippen LogP contribution in [0.25, 0.3) is 0 Å². The van der Waals surface area contributed by atoms with Gasteiger partial charge in [0, 0.05) is 28.5 Å². The molecule has 0 aliphatic heterocycles. The topological polar surface area (TPSA) is 37.8 Å². The Balaban J connectivity index is 2.48. The summed E-state index contributed by atoms with van der Waals surface area (Å²) in [6, 6.07) is 4.32. The zero-order chi connectivity index (χ0) is 13.0. The number of nitrogens with zero attached hydrogens (tertiary/aromatic N) is 2. The maximum atomic E-state index is 13.9. The normalized spacial score (nSPS) is 12.4. The third-order valence-electron chi connectivity index (χ3n) is 2.61. The Labute approximate surface area is 110 Å². The first-order chi connectivity index (χ1) is 8.74. The second-order valence-electron chi connectivity index (χ2n) is 3.80. The van der Waals surface area contributed by atoms with Crippen LogP contribution in [0.3, 0.4) is 0 Å². The van der Waals surface area contributed by atoms with Gasteiger partial charge in [0.1, 0.15) is 12.1 Å². The zero-order valence-electron chi connectivity index (χ0n) is 9.90. The van der Waals surface area contributed by atoms with E-state index in [9.17, 15) is 4.39 Å². The van der Waals surface area contributed by atoms with E-state index in [2.05, 4.69) is 15.3 Å². The Kier molecular flexibility index (Phi) is 4.23. The first kappa shape index (κ1) is 12.9. The fraction of sp³-hybridized carbons (Fsp3) is 0.231. The molecule has 18 heavy (non-hydrogen) atoms. The average Bonchev–Trinajstić information content (AvgIpc) is 2.38. The van der Waals surface area contributed by atoms with Gasteiger partial charge in [0.05, 0.1) is 6.04 Å². The zero-order valence-corrected chi connectivity index (χ0v) is 10.7. The number of halogens is 2. The van der Waals surface area contributed by atoms with Crippen molar-refractivity contribution in [3.63, 3.8) is 0 Å². The van der Waals surface area contributed by atoms with E-state index < -0.39 is 0 Å². The molecule has 1 aromatic carbocycles. The number of rotatable bonds is 4. The Morgan fingerprint density at radius 1 is 1.33 bits per heavy atom. The first-order valence-electron chi connectivity index (χ1n) is 5.66. The number of aromatic nitrogens is 2. The molecule has 1 aromatic heterocycles. The van der Waals surface area contributed by atoms with Gasteiger partial charge in [-0.2, -0.15) is 0 Å². The molecule has 0 radical (unpaired) electrons. The van der Waals surface area contributed by atoms with Crippen LogP contribution in [0.1, 0.15) is 24.1 Å². The Hall–Kier alpha value is -1.52. The SMILES string of the molecule is CCNC(c1cncnc1)c1c(F)cccc1Cl. The molecule has 1 atom stereocenters. The molecule has 94 valence electrons. The molecule has 0 saturated carbocycles. The van der Waals surface area contributed by atoms with Crippen LogP contribution in [0, 0.1) is 5.82 Å². The van der Waals surface area contributed by atoms with E-state index in [0.717, 1.165) is 5.56 Å². The van der Waals surface area contributed by atoms with Gasteiger partial charge in [0.15, 0.2) is 0 Å². The minimum Gasteiger partial charge on any atom is -0.306 e. The van der Waals surface area contributed by atoms with Crippen LogP contribution in [0.15, 0.2) is 36.9 Å². The van der Waals surface area contributed by atoms with Gasteiger partial charge in [-0.1, -0.05) is 24.6 Å². The van der Waals surface area contributed by atoms with E-state index in [1.165, 1.54) is 12.4 Å². The quantitative estimate of drug-likeness (QED) is 0.924. The Morgan fingerprint density at radius 2 is 2.06 bits per heavy atom. The lowest BCUT2D eigenvalue weighted by Gasteiger charge is -2.19. The van der Waals surface area contributed by atoms with E-state index in [1.54, 1.807) is 24.5 Å². The average molecular weight is 266 g/mol. The van der Waals surface area contributed by atoms with E-state index >= 15 is 0 Å². The summed E-state index contributed by atoms with van der Waals surface area (Å²) in [5.41, 5.74) is 1.21. The molecule has 1 unspecified atom stereocenters. The lowest BCUT2D eigenvalue weighted by atomic mass is 10.0. The van der Waals surface area contributed by atoms with Gasteiger partial charge in [0.25, 0.3) is 0 Å². The third kappa shape index (κ3) is 2.66. The number of hydrogen-bond acceptors (Lipinski definition) is 3. The summed E-state index contributed by atoms with van der Waals surface area (Å²) in [5.74, 6) is -0.336. The molecule has 2 rings (SSSR count). The molecule has 0 spiro atoms.